The lowest BCUT2D eigenvalue weighted by Gasteiger charge is -2.34. The summed E-state index contributed by atoms with van der Waals surface area (Å²) in [5, 5.41) is 3.99. The van der Waals surface area contributed by atoms with Crippen molar-refractivity contribution in [2.45, 2.75) is 69.4 Å². The van der Waals surface area contributed by atoms with Crippen LogP contribution in [-0.2, 0) is 4.74 Å². The minimum absolute atomic E-state index is 0.0306. The number of pyridine rings is 1. The topological polar surface area (TPSA) is 71.5 Å². The number of piperidine rings is 1. The molecule has 26 heavy (non-hydrogen) atoms. The van der Waals surface area contributed by atoms with E-state index < -0.39 is 11.7 Å². The van der Waals surface area contributed by atoms with Crippen LogP contribution in [0, 0.1) is 0 Å². The Morgan fingerprint density at radius 3 is 2.77 bits per heavy atom. The highest BCUT2D eigenvalue weighted by Gasteiger charge is 2.28. The number of aromatic nitrogens is 1. The highest BCUT2D eigenvalue weighted by atomic mass is 32.2. The van der Waals surface area contributed by atoms with E-state index in [4.69, 9.17) is 4.74 Å². The Morgan fingerprint density at radius 1 is 1.38 bits per heavy atom. The van der Waals surface area contributed by atoms with E-state index >= 15 is 0 Å². The van der Waals surface area contributed by atoms with Gasteiger partial charge in [0.25, 0.3) is 5.91 Å². The molecule has 1 unspecified atom stereocenters. The van der Waals surface area contributed by atoms with E-state index in [0.717, 1.165) is 17.9 Å². The summed E-state index contributed by atoms with van der Waals surface area (Å²) in [7, 11) is 0. The number of amides is 2. The molecule has 2 heterocycles. The van der Waals surface area contributed by atoms with Crippen molar-refractivity contribution in [3.63, 3.8) is 0 Å². The molecule has 0 aliphatic carbocycles. The molecule has 0 aromatic carbocycles. The van der Waals surface area contributed by atoms with E-state index in [9.17, 15) is 9.59 Å². The standard InChI is InChI=1S/C19H29N3O3S/c1-13(2)26-16-15(9-6-10-20-16)17(23)22-11-7-8-14(12-22)21-18(24)25-19(3,4)5/h6,9-10,13-14H,7-8,11-12H2,1-5H3,(H,21,24). The van der Waals surface area contributed by atoms with Gasteiger partial charge in [-0.3, -0.25) is 4.79 Å². The Bertz CT molecular complexity index is 643. The molecule has 0 bridgehead atoms. The maximum absolute atomic E-state index is 13.0. The number of carbonyl (C=O) groups is 2. The summed E-state index contributed by atoms with van der Waals surface area (Å²) in [6.45, 7) is 10.8. The molecule has 1 fully saturated rings. The van der Waals surface area contributed by atoms with Crippen LogP contribution in [0.15, 0.2) is 23.4 Å². The second kappa shape index (κ2) is 8.75. The third kappa shape index (κ3) is 6.20. The molecule has 1 N–H and O–H groups in total. The second-order valence-corrected chi connectivity index (χ2v) is 9.32. The van der Waals surface area contributed by atoms with Gasteiger partial charge in [0.1, 0.15) is 10.6 Å². The number of nitrogens with zero attached hydrogens (tertiary/aromatic N) is 2. The molecule has 2 rings (SSSR count). The zero-order chi connectivity index (χ0) is 19.3. The fourth-order valence-corrected chi connectivity index (χ4v) is 3.65. The van der Waals surface area contributed by atoms with Crippen LogP contribution in [-0.4, -0.2) is 51.9 Å². The van der Waals surface area contributed by atoms with Gasteiger partial charge in [0.2, 0.25) is 0 Å². The summed E-state index contributed by atoms with van der Waals surface area (Å²) >= 11 is 1.59. The SMILES string of the molecule is CC(C)Sc1ncccc1C(=O)N1CCCC(NC(=O)OC(C)(C)C)C1. The Labute approximate surface area is 160 Å². The molecule has 0 radical (unpaired) electrons. The smallest absolute Gasteiger partial charge is 0.407 e. The van der Waals surface area contributed by atoms with Crippen LogP contribution in [0.25, 0.3) is 0 Å². The van der Waals surface area contributed by atoms with Crippen molar-refractivity contribution in [2.75, 3.05) is 13.1 Å². The van der Waals surface area contributed by atoms with Crippen LogP contribution in [0.4, 0.5) is 4.79 Å². The lowest BCUT2D eigenvalue weighted by atomic mass is 10.0. The summed E-state index contributed by atoms with van der Waals surface area (Å²) < 4.78 is 5.32. The minimum Gasteiger partial charge on any atom is -0.444 e. The first-order chi connectivity index (χ1) is 12.2. The fourth-order valence-electron chi connectivity index (χ4n) is 2.79. The third-order valence-corrected chi connectivity index (χ3v) is 4.80. The molecular weight excluding hydrogens is 350 g/mol. The maximum Gasteiger partial charge on any atom is 0.407 e. The van der Waals surface area contributed by atoms with Crippen molar-refractivity contribution in [1.29, 1.82) is 0 Å². The van der Waals surface area contributed by atoms with Crippen molar-refractivity contribution in [2.24, 2.45) is 0 Å². The molecular formula is C19H29N3O3S. The van der Waals surface area contributed by atoms with Crippen LogP contribution in [0.5, 0.6) is 0 Å². The molecule has 1 aromatic heterocycles. The van der Waals surface area contributed by atoms with Gasteiger partial charge in [0, 0.05) is 30.6 Å². The second-order valence-electron chi connectivity index (χ2n) is 7.76. The number of likely N-dealkylation sites (tertiary alicyclic amines) is 1. The molecule has 1 atom stereocenters. The van der Waals surface area contributed by atoms with Crippen LogP contribution >= 0.6 is 11.8 Å². The number of carbonyl (C=O) groups excluding carboxylic acids is 2. The van der Waals surface area contributed by atoms with Crippen LogP contribution in [0.1, 0.15) is 57.8 Å². The van der Waals surface area contributed by atoms with Crippen LogP contribution in [0.3, 0.4) is 0 Å². The van der Waals surface area contributed by atoms with Gasteiger partial charge in [-0.2, -0.15) is 0 Å². The fraction of sp³-hybridized carbons (Fsp3) is 0.632. The van der Waals surface area contributed by atoms with E-state index in [1.807, 2.05) is 26.8 Å². The first kappa shape index (κ1) is 20.6. The van der Waals surface area contributed by atoms with Crippen molar-refractivity contribution in [3.8, 4) is 0 Å². The summed E-state index contributed by atoms with van der Waals surface area (Å²) in [5.74, 6) is -0.0306. The number of rotatable bonds is 4. The lowest BCUT2D eigenvalue weighted by molar-refractivity contribution is 0.0451. The summed E-state index contributed by atoms with van der Waals surface area (Å²) in [4.78, 5) is 31.2. The highest BCUT2D eigenvalue weighted by Crippen LogP contribution is 2.26. The summed E-state index contributed by atoms with van der Waals surface area (Å²) in [6.07, 6.45) is 2.96. The Kier molecular flexibility index (Phi) is 6.92. The van der Waals surface area contributed by atoms with Crippen LogP contribution < -0.4 is 5.32 Å². The number of thioether (sulfide) groups is 1. The predicted molar refractivity (Wildman–Crippen MR) is 104 cm³/mol. The zero-order valence-electron chi connectivity index (χ0n) is 16.2. The van der Waals surface area contributed by atoms with Crippen LogP contribution in [0.2, 0.25) is 0 Å². The van der Waals surface area contributed by atoms with E-state index in [-0.39, 0.29) is 11.9 Å². The predicted octanol–water partition coefficient (Wildman–Crippen LogP) is 3.71. The van der Waals surface area contributed by atoms with Gasteiger partial charge in [-0.05, 0) is 45.7 Å². The van der Waals surface area contributed by atoms with Crippen molar-refractivity contribution in [1.82, 2.24) is 15.2 Å². The largest absolute Gasteiger partial charge is 0.444 e. The molecule has 1 aliphatic heterocycles. The van der Waals surface area contributed by atoms with E-state index in [2.05, 4.69) is 24.1 Å². The highest BCUT2D eigenvalue weighted by molar-refractivity contribution is 7.99. The third-order valence-electron chi connectivity index (χ3n) is 3.78. The number of ether oxygens (including phenoxy) is 1. The number of hydrogen-bond donors (Lipinski definition) is 1. The zero-order valence-corrected chi connectivity index (χ0v) is 17.1. The van der Waals surface area contributed by atoms with Gasteiger partial charge in [-0.15, -0.1) is 11.8 Å². The number of hydrogen-bond acceptors (Lipinski definition) is 5. The average Bonchev–Trinajstić information content (AvgIpc) is 2.52. The van der Waals surface area contributed by atoms with Gasteiger partial charge in [0.05, 0.1) is 5.56 Å². The van der Waals surface area contributed by atoms with Crippen molar-refractivity contribution < 1.29 is 14.3 Å². The quantitative estimate of drug-likeness (QED) is 0.808. The van der Waals surface area contributed by atoms with E-state index in [0.29, 0.717) is 23.9 Å². The van der Waals surface area contributed by atoms with Gasteiger partial charge < -0.3 is 15.0 Å². The molecule has 2 amide bonds. The van der Waals surface area contributed by atoms with E-state index in [1.54, 1.807) is 28.9 Å². The Hall–Kier alpha value is -1.76. The molecule has 6 nitrogen and oxygen atoms in total. The van der Waals surface area contributed by atoms with Crippen molar-refractivity contribution >= 4 is 23.8 Å². The lowest BCUT2D eigenvalue weighted by Crippen LogP contribution is -2.50. The number of alkyl carbamates (subject to hydrolysis) is 1. The normalized spacial score (nSPS) is 17.9. The van der Waals surface area contributed by atoms with Gasteiger partial charge >= 0.3 is 6.09 Å². The maximum atomic E-state index is 13.0. The number of nitrogens with one attached hydrogen (secondary N) is 1. The molecule has 0 spiro atoms. The Balaban J connectivity index is 2.03. The molecule has 1 saturated heterocycles. The molecule has 1 aliphatic rings. The minimum atomic E-state index is -0.535. The monoisotopic (exact) mass is 379 g/mol. The molecule has 1 aromatic rings. The molecule has 7 heteroatoms. The first-order valence-electron chi connectivity index (χ1n) is 9.06. The summed E-state index contributed by atoms with van der Waals surface area (Å²) in [5.41, 5.74) is 0.0940. The van der Waals surface area contributed by atoms with Gasteiger partial charge in [-0.25, -0.2) is 9.78 Å². The average molecular weight is 380 g/mol. The van der Waals surface area contributed by atoms with E-state index in [1.165, 1.54) is 0 Å². The molecule has 144 valence electrons. The van der Waals surface area contributed by atoms with Gasteiger partial charge in [-0.1, -0.05) is 13.8 Å². The summed E-state index contributed by atoms with van der Waals surface area (Å²) in [6, 6.07) is 3.52. The van der Waals surface area contributed by atoms with Crippen molar-refractivity contribution in [3.05, 3.63) is 23.9 Å². The Morgan fingerprint density at radius 2 is 2.12 bits per heavy atom. The van der Waals surface area contributed by atoms with Gasteiger partial charge in [0.15, 0.2) is 0 Å². The molecule has 0 saturated carbocycles. The first-order valence-corrected chi connectivity index (χ1v) is 9.94.